The van der Waals surface area contributed by atoms with Gasteiger partial charge in [-0.25, -0.2) is 4.79 Å². The summed E-state index contributed by atoms with van der Waals surface area (Å²) in [5, 5.41) is 9.85. The first-order valence-electron chi connectivity index (χ1n) is 10.4. The molecule has 0 saturated heterocycles. The van der Waals surface area contributed by atoms with Gasteiger partial charge in [0.25, 0.3) is 5.89 Å². The van der Waals surface area contributed by atoms with E-state index in [4.69, 9.17) is 16.1 Å². The molecule has 3 heterocycles. The van der Waals surface area contributed by atoms with Gasteiger partial charge in [-0.3, -0.25) is 4.90 Å². The minimum atomic E-state index is -0.490. The van der Waals surface area contributed by atoms with Crippen LogP contribution in [-0.2, 0) is 0 Å². The lowest BCUT2D eigenvalue weighted by atomic mass is 9.94. The lowest BCUT2D eigenvalue weighted by molar-refractivity contribution is 0.244. The second-order valence-corrected chi connectivity index (χ2v) is 9.33. The topological polar surface area (TPSA) is 71.3 Å². The number of carbonyl (C=O) groups is 1. The number of nitrogens with one attached hydrogen (secondary N) is 1. The van der Waals surface area contributed by atoms with Crippen molar-refractivity contribution in [3.63, 3.8) is 0 Å². The molecule has 4 aromatic rings. The van der Waals surface area contributed by atoms with Crippen LogP contribution in [0.1, 0.15) is 35.5 Å². The van der Waals surface area contributed by atoms with Crippen LogP contribution in [0.25, 0.3) is 16.3 Å². The van der Waals surface area contributed by atoms with Crippen LogP contribution in [-0.4, -0.2) is 16.2 Å². The molecule has 1 aliphatic heterocycles. The predicted octanol–water partition coefficient (Wildman–Crippen LogP) is 6.77. The van der Waals surface area contributed by atoms with Gasteiger partial charge in [0.1, 0.15) is 0 Å². The number of thiophene rings is 1. The summed E-state index contributed by atoms with van der Waals surface area (Å²) in [5.41, 5.74) is 5.31. The van der Waals surface area contributed by atoms with E-state index in [1.54, 1.807) is 11.0 Å². The van der Waals surface area contributed by atoms with Crippen molar-refractivity contribution < 1.29 is 9.32 Å². The van der Waals surface area contributed by atoms with Gasteiger partial charge >= 0.3 is 6.03 Å². The van der Waals surface area contributed by atoms with E-state index < -0.39 is 6.04 Å². The van der Waals surface area contributed by atoms with Crippen LogP contribution in [0.2, 0.25) is 5.02 Å². The molecule has 0 spiro atoms. The molecule has 2 amide bonds. The molecule has 5 rings (SSSR count). The van der Waals surface area contributed by atoms with Gasteiger partial charge in [0.05, 0.1) is 22.2 Å². The van der Waals surface area contributed by atoms with E-state index in [0.29, 0.717) is 22.4 Å². The van der Waals surface area contributed by atoms with Crippen molar-refractivity contribution in [2.75, 3.05) is 4.90 Å². The predicted molar refractivity (Wildman–Crippen MR) is 131 cm³/mol. The average Bonchev–Trinajstić information content (AvgIpc) is 3.48. The maximum Gasteiger partial charge on any atom is 0.326 e. The number of anilines is 1. The molecule has 0 saturated carbocycles. The van der Waals surface area contributed by atoms with Crippen molar-refractivity contribution in [1.29, 1.82) is 0 Å². The molecule has 6 nitrogen and oxygen atoms in total. The Kier molecular flexibility index (Phi) is 5.52. The van der Waals surface area contributed by atoms with E-state index in [1.807, 2.05) is 74.7 Å². The molecule has 2 aromatic heterocycles. The van der Waals surface area contributed by atoms with Crippen molar-refractivity contribution in [2.45, 2.75) is 26.8 Å². The molecule has 1 atom stereocenters. The molecule has 1 N–H and O–H groups in total. The molecule has 2 aromatic carbocycles. The van der Waals surface area contributed by atoms with E-state index >= 15 is 0 Å². The van der Waals surface area contributed by atoms with Crippen molar-refractivity contribution in [2.24, 2.45) is 0 Å². The summed E-state index contributed by atoms with van der Waals surface area (Å²) in [7, 11) is 0. The molecule has 166 valence electrons. The van der Waals surface area contributed by atoms with E-state index in [0.717, 1.165) is 32.8 Å². The van der Waals surface area contributed by atoms with Crippen LogP contribution in [0.15, 0.2) is 70.2 Å². The van der Waals surface area contributed by atoms with Gasteiger partial charge in [-0.2, -0.15) is 4.98 Å². The molecular weight excluding hydrogens is 456 g/mol. The SMILES string of the molecule is CC1=C(c2nc(-c3cccs3)no2)C(c2cccc(Cl)c2)NC(=O)N1c1ccc(C)c(C)c1. The standard InChI is InChI=1S/C25H21ClN4O2S/c1-14-9-10-19(12-15(14)2)30-16(3)21(24-28-23(29-32-24)20-8-5-11-33-20)22(27-25(30)31)17-6-4-7-18(26)13-17/h4-13,22H,1-3H3,(H,27,31). The fourth-order valence-corrected chi connectivity index (χ4v) is 4.82. The van der Waals surface area contributed by atoms with Crippen LogP contribution in [0.5, 0.6) is 0 Å². The number of aryl methyl sites for hydroxylation is 2. The summed E-state index contributed by atoms with van der Waals surface area (Å²) >= 11 is 7.81. The van der Waals surface area contributed by atoms with Crippen LogP contribution >= 0.6 is 22.9 Å². The minimum absolute atomic E-state index is 0.234. The Morgan fingerprint density at radius 2 is 1.91 bits per heavy atom. The summed E-state index contributed by atoms with van der Waals surface area (Å²) in [5.74, 6) is 0.870. The van der Waals surface area contributed by atoms with E-state index in [-0.39, 0.29) is 6.03 Å². The monoisotopic (exact) mass is 476 g/mol. The number of hydrogen-bond donors (Lipinski definition) is 1. The first kappa shape index (κ1) is 21.4. The van der Waals surface area contributed by atoms with Crippen LogP contribution in [0.4, 0.5) is 10.5 Å². The largest absolute Gasteiger partial charge is 0.334 e. The van der Waals surface area contributed by atoms with Gasteiger partial charge in [0.2, 0.25) is 5.82 Å². The number of hydrogen-bond acceptors (Lipinski definition) is 5. The third-order valence-electron chi connectivity index (χ3n) is 5.81. The van der Waals surface area contributed by atoms with Crippen LogP contribution < -0.4 is 10.2 Å². The molecule has 1 aliphatic rings. The van der Waals surface area contributed by atoms with Crippen molar-refractivity contribution in [3.05, 3.63) is 93.3 Å². The number of halogens is 1. The van der Waals surface area contributed by atoms with Gasteiger partial charge < -0.3 is 9.84 Å². The zero-order chi connectivity index (χ0) is 23.1. The molecular formula is C25H21ClN4O2S. The number of carbonyl (C=O) groups excluding carboxylic acids is 1. The fourth-order valence-electron chi connectivity index (χ4n) is 3.97. The first-order valence-corrected chi connectivity index (χ1v) is 11.7. The number of rotatable bonds is 4. The molecule has 33 heavy (non-hydrogen) atoms. The second kappa shape index (κ2) is 8.50. The maximum absolute atomic E-state index is 13.3. The van der Waals surface area contributed by atoms with Crippen LogP contribution in [0, 0.1) is 13.8 Å². The zero-order valence-corrected chi connectivity index (χ0v) is 19.9. The quantitative estimate of drug-likeness (QED) is 0.352. The highest BCUT2D eigenvalue weighted by atomic mass is 35.5. The highest BCUT2D eigenvalue weighted by molar-refractivity contribution is 7.13. The Balaban J connectivity index is 1.68. The lowest BCUT2D eigenvalue weighted by Crippen LogP contribution is -2.46. The van der Waals surface area contributed by atoms with Gasteiger partial charge in [-0.15, -0.1) is 11.3 Å². The Labute approximate surface area is 200 Å². The third kappa shape index (κ3) is 3.94. The summed E-state index contributed by atoms with van der Waals surface area (Å²) < 4.78 is 5.72. The first-order chi connectivity index (χ1) is 15.9. The average molecular weight is 477 g/mol. The highest BCUT2D eigenvalue weighted by Gasteiger charge is 2.36. The van der Waals surface area contributed by atoms with Gasteiger partial charge in [-0.05, 0) is 73.2 Å². The number of allylic oxidation sites excluding steroid dienone is 1. The van der Waals surface area contributed by atoms with E-state index in [2.05, 4.69) is 15.5 Å². The number of nitrogens with zero attached hydrogens (tertiary/aromatic N) is 3. The molecule has 1 unspecified atom stereocenters. The molecule has 0 bridgehead atoms. The normalized spacial score (nSPS) is 16.3. The van der Waals surface area contributed by atoms with Gasteiger partial charge in [-0.1, -0.05) is 41.0 Å². The number of aromatic nitrogens is 2. The summed E-state index contributed by atoms with van der Waals surface area (Å²) in [6.07, 6.45) is 0. The molecule has 0 radical (unpaired) electrons. The van der Waals surface area contributed by atoms with Gasteiger partial charge in [0.15, 0.2) is 0 Å². The van der Waals surface area contributed by atoms with Crippen molar-refractivity contribution in [1.82, 2.24) is 15.5 Å². The summed E-state index contributed by atoms with van der Waals surface area (Å²) in [6.45, 7) is 5.97. The number of benzene rings is 2. The lowest BCUT2D eigenvalue weighted by Gasteiger charge is -2.35. The molecule has 0 fully saturated rings. The highest BCUT2D eigenvalue weighted by Crippen LogP contribution is 2.40. The van der Waals surface area contributed by atoms with Crippen molar-refractivity contribution >= 4 is 40.2 Å². The Hall–Kier alpha value is -3.42. The van der Waals surface area contributed by atoms with E-state index in [1.165, 1.54) is 11.3 Å². The van der Waals surface area contributed by atoms with Crippen molar-refractivity contribution in [3.8, 4) is 10.7 Å². The second-order valence-electron chi connectivity index (χ2n) is 7.94. The smallest absolute Gasteiger partial charge is 0.326 e. The zero-order valence-electron chi connectivity index (χ0n) is 18.3. The summed E-state index contributed by atoms with van der Waals surface area (Å²) in [6, 6.07) is 16.5. The Morgan fingerprint density at radius 3 is 2.64 bits per heavy atom. The minimum Gasteiger partial charge on any atom is -0.334 e. The molecule has 0 aliphatic carbocycles. The number of urea groups is 1. The van der Waals surface area contributed by atoms with E-state index in [9.17, 15) is 4.79 Å². The van der Waals surface area contributed by atoms with Crippen LogP contribution in [0.3, 0.4) is 0 Å². The Morgan fingerprint density at radius 1 is 1.06 bits per heavy atom. The van der Waals surface area contributed by atoms with Gasteiger partial charge in [0, 0.05) is 10.7 Å². The maximum atomic E-state index is 13.3. The fraction of sp³-hybridized carbons (Fsp3) is 0.160. The number of amides is 2. The Bertz CT molecular complexity index is 1380. The third-order valence-corrected chi connectivity index (χ3v) is 6.91. The molecule has 8 heteroatoms. The summed E-state index contributed by atoms with van der Waals surface area (Å²) in [4.78, 5) is 20.6.